The third kappa shape index (κ3) is 3.05. The number of benzene rings is 2. The Labute approximate surface area is 164 Å². The van der Waals surface area contributed by atoms with Crippen LogP contribution in [0.4, 0.5) is 5.69 Å². The van der Waals surface area contributed by atoms with Crippen LogP contribution < -0.4 is 5.73 Å². The van der Waals surface area contributed by atoms with Gasteiger partial charge in [0, 0.05) is 46.5 Å². The summed E-state index contributed by atoms with van der Waals surface area (Å²) in [7, 11) is 2.16. The molecule has 27 heavy (non-hydrogen) atoms. The number of nitrogens with one attached hydrogen (secondary N) is 1. The Bertz CT molecular complexity index is 1050. The summed E-state index contributed by atoms with van der Waals surface area (Å²) in [5.41, 5.74) is 13.5. The lowest BCUT2D eigenvalue weighted by Crippen LogP contribution is -2.23. The van der Waals surface area contributed by atoms with Crippen LogP contribution in [0.25, 0.3) is 16.5 Å². The molecule has 3 aliphatic rings. The lowest BCUT2D eigenvalue weighted by molar-refractivity contribution is 0.370. The van der Waals surface area contributed by atoms with Gasteiger partial charge in [0.2, 0.25) is 0 Å². The maximum absolute atomic E-state index is 5.99. The molecule has 0 bridgehead atoms. The number of likely N-dealkylation sites (N-methyl/N-ethyl adjacent to an activating group) is 1. The second kappa shape index (κ2) is 6.43. The summed E-state index contributed by atoms with van der Waals surface area (Å²) in [6, 6.07) is 12.4. The van der Waals surface area contributed by atoms with E-state index >= 15 is 0 Å². The van der Waals surface area contributed by atoms with Crippen LogP contribution in [0.5, 0.6) is 0 Å². The lowest BCUT2D eigenvalue weighted by atomic mass is 9.88. The molecule has 3 nitrogen and oxygen atoms in total. The SMILES string of the molecule is CN1CC=C(c2c[nH]c3cc(Cl)ccc23)CC1.Nc1ccc2c(c1)C1CC21. The summed E-state index contributed by atoms with van der Waals surface area (Å²) >= 11 is 5.99. The predicted octanol–water partition coefficient (Wildman–Crippen LogP) is 5.39. The number of nitrogens with zero attached hydrogens (tertiary/aromatic N) is 1. The fourth-order valence-electron chi connectivity index (χ4n) is 4.42. The molecule has 1 saturated carbocycles. The van der Waals surface area contributed by atoms with E-state index in [0.29, 0.717) is 0 Å². The van der Waals surface area contributed by atoms with Crippen molar-refractivity contribution in [3.8, 4) is 0 Å². The van der Waals surface area contributed by atoms with Crippen molar-refractivity contribution in [1.82, 2.24) is 9.88 Å². The first-order valence-electron chi connectivity index (χ1n) is 9.64. The van der Waals surface area contributed by atoms with E-state index < -0.39 is 0 Å². The highest BCUT2D eigenvalue weighted by molar-refractivity contribution is 6.31. The van der Waals surface area contributed by atoms with E-state index in [2.05, 4.69) is 47.4 Å². The smallest absolute Gasteiger partial charge is 0.0475 e. The fraction of sp³-hybridized carbons (Fsp3) is 0.304. The largest absolute Gasteiger partial charge is 0.399 e. The Kier molecular flexibility index (Phi) is 4.03. The minimum Gasteiger partial charge on any atom is -0.399 e. The van der Waals surface area contributed by atoms with Crippen LogP contribution in [0.3, 0.4) is 0 Å². The van der Waals surface area contributed by atoms with Gasteiger partial charge in [-0.3, -0.25) is 0 Å². The Hall–Kier alpha value is -2.23. The summed E-state index contributed by atoms with van der Waals surface area (Å²) in [5.74, 6) is 1.83. The number of rotatable bonds is 1. The normalized spacial score (nSPS) is 22.8. The molecule has 0 amide bonds. The van der Waals surface area contributed by atoms with Gasteiger partial charge in [0.05, 0.1) is 0 Å². The van der Waals surface area contributed by atoms with E-state index in [1.807, 2.05) is 18.2 Å². The molecule has 2 unspecified atom stereocenters. The molecule has 0 radical (unpaired) electrons. The van der Waals surface area contributed by atoms with Gasteiger partial charge in [0.1, 0.15) is 0 Å². The first kappa shape index (κ1) is 16.9. The summed E-state index contributed by atoms with van der Waals surface area (Å²) in [6.07, 6.45) is 6.92. The fourth-order valence-corrected chi connectivity index (χ4v) is 4.59. The van der Waals surface area contributed by atoms with Gasteiger partial charge in [-0.1, -0.05) is 29.8 Å². The highest BCUT2D eigenvalue weighted by Crippen LogP contribution is 2.65. The van der Waals surface area contributed by atoms with E-state index in [1.165, 1.54) is 28.5 Å². The van der Waals surface area contributed by atoms with Crippen molar-refractivity contribution in [1.29, 1.82) is 0 Å². The Morgan fingerprint density at radius 2 is 1.96 bits per heavy atom. The summed E-state index contributed by atoms with van der Waals surface area (Å²) in [6.45, 7) is 2.17. The van der Waals surface area contributed by atoms with E-state index in [9.17, 15) is 0 Å². The molecule has 2 heterocycles. The molecule has 3 N–H and O–H groups in total. The van der Waals surface area contributed by atoms with Crippen molar-refractivity contribution in [2.45, 2.75) is 24.7 Å². The Morgan fingerprint density at radius 3 is 2.78 bits per heavy atom. The molecule has 6 rings (SSSR count). The van der Waals surface area contributed by atoms with Gasteiger partial charge < -0.3 is 15.6 Å². The summed E-state index contributed by atoms with van der Waals surface area (Å²) in [5, 5.41) is 2.05. The van der Waals surface area contributed by atoms with Crippen LogP contribution >= 0.6 is 11.6 Å². The molecule has 1 aromatic heterocycles. The van der Waals surface area contributed by atoms with E-state index in [0.717, 1.165) is 47.6 Å². The molecular formula is C23H24ClN3. The minimum absolute atomic E-state index is 0.781. The standard InChI is InChI=1S/C14H15ClN2.C9H9N/c1-17-6-4-10(5-7-17)13-9-16-14-8-11(15)2-3-12(13)14;10-5-1-2-6-7(3-5)9-4-8(6)9/h2-4,8-9,16H,5-7H2,1H3;1-3,8-9H,4,10H2. The molecule has 138 valence electrons. The number of halogens is 1. The molecule has 0 spiro atoms. The third-order valence-corrected chi connectivity index (χ3v) is 6.34. The zero-order valence-corrected chi connectivity index (χ0v) is 16.3. The van der Waals surface area contributed by atoms with E-state index in [4.69, 9.17) is 17.3 Å². The second-order valence-electron chi connectivity index (χ2n) is 7.97. The molecule has 0 saturated heterocycles. The van der Waals surface area contributed by atoms with Crippen molar-refractivity contribution in [3.63, 3.8) is 0 Å². The van der Waals surface area contributed by atoms with Gasteiger partial charge in [-0.15, -0.1) is 0 Å². The number of nitrogens with two attached hydrogens (primary N) is 1. The van der Waals surface area contributed by atoms with Gasteiger partial charge in [0.15, 0.2) is 0 Å². The van der Waals surface area contributed by atoms with Gasteiger partial charge in [0.25, 0.3) is 0 Å². The van der Waals surface area contributed by atoms with E-state index in [-0.39, 0.29) is 0 Å². The summed E-state index contributed by atoms with van der Waals surface area (Å²) in [4.78, 5) is 5.63. The summed E-state index contributed by atoms with van der Waals surface area (Å²) < 4.78 is 0. The first-order valence-corrected chi connectivity index (χ1v) is 10.0. The number of aromatic amines is 1. The van der Waals surface area contributed by atoms with Gasteiger partial charge in [-0.2, -0.15) is 0 Å². The molecule has 2 aromatic carbocycles. The lowest BCUT2D eigenvalue weighted by Gasteiger charge is -2.21. The highest BCUT2D eigenvalue weighted by atomic mass is 35.5. The number of aromatic nitrogens is 1. The highest BCUT2D eigenvalue weighted by Gasteiger charge is 2.50. The minimum atomic E-state index is 0.781. The van der Waals surface area contributed by atoms with Crippen molar-refractivity contribution < 1.29 is 0 Å². The average molecular weight is 378 g/mol. The zero-order chi connectivity index (χ0) is 18.5. The van der Waals surface area contributed by atoms with Crippen LogP contribution in [0, 0.1) is 0 Å². The molecule has 4 heteroatoms. The molecule has 1 fully saturated rings. The number of anilines is 1. The number of hydrogen-bond donors (Lipinski definition) is 2. The Balaban J connectivity index is 0.000000135. The maximum atomic E-state index is 5.99. The molecule has 2 atom stereocenters. The quantitative estimate of drug-likeness (QED) is 0.558. The second-order valence-corrected chi connectivity index (χ2v) is 8.41. The third-order valence-electron chi connectivity index (χ3n) is 6.10. The topological polar surface area (TPSA) is 45.0 Å². The van der Waals surface area contributed by atoms with Crippen molar-refractivity contribution >= 4 is 33.8 Å². The average Bonchev–Trinajstić information content (AvgIpc) is 3.24. The molecule has 1 aliphatic heterocycles. The maximum Gasteiger partial charge on any atom is 0.0475 e. The molecule has 3 aromatic rings. The van der Waals surface area contributed by atoms with Crippen molar-refractivity contribution in [2.75, 3.05) is 25.9 Å². The number of hydrogen-bond acceptors (Lipinski definition) is 2. The Morgan fingerprint density at radius 1 is 1.11 bits per heavy atom. The first-order chi connectivity index (χ1) is 13.1. The van der Waals surface area contributed by atoms with Crippen LogP contribution in [0.15, 0.2) is 48.7 Å². The van der Waals surface area contributed by atoms with Crippen molar-refractivity contribution in [2.24, 2.45) is 0 Å². The number of nitrogen functional groups attached to an aromatic ring is 1. The van der Waals surface area contributed by atoms with Crippen LogP contribution in [0.1, 0.15) is 41.4 Å². The van der Waals surface area contributed by atoms with Gasteiger partial charge in [-0.05, 0) is 72.7 Å². The predicted molar refractivity (Wildman–Crippen MR) is 114 cm³/mol. The number of fused-ring (bicyclic) bond motifs is 5. The monoisotopic (exact) mass is 377 g/mol. The molecule has 2 aliphatic carbocycles. The van der Waals surface area contributed by atoms with Gasteiger partial charge in [-0.25, -0.2) is 0 Å². The zero-order valence-electron chi connectivity index (χ0n) is 15.5. The van der Waals surface area contributed by atoms with Gasteiger partial charge >= 0.3 is 0 Å². The van der Waals surface area contributed by atoms with Crippen LogP contribution in [-0.2, 0) is 0 Å². The van der Waals surface area contributed by atoms with Crippen LogP contribution in [0.2, 0.25) is 5.02 Å². The molecular weight excluding hydrogens is 354 g/mol. The van der Waals surface area contributed by atoms with Crippen LogP contribution in [-0.4, -0.2) is 30.0 Å². The number of H-pyrrole nitrogens is 1. The van der Waals surface area contributed by atoms with E-state index in [1.54, 1.807) is 5.56 Å². The van der Waals surface area contributed by atoms with Crippen molar-refractivity contribution in [3.05, 3.63) is 70.4 Å².